The topological polar surface area (TPSA) is 80.8 Å². The normalized spacial score (nSPS) is 14.9. The first-order valence-electron chi connectivity index (χ1n) is 10.6. The lowest BCUT2D eigenvalue weighted by atomic mass is 10.1. The highest BCUT2D eigenvalue weighted by Crippen LogP contribution is 2.29. The number of benzene rings is 2. The molecule has 184 valence electrons. The molecular formula is C24H22F3N3O4S. The van der Waals surface area contributed by atoms with E-state index >= 15 is 0 Å². The van der Waals surface area contributed by atoms with Crippen LogP contribution in [-0.4, -0.2) is 30.8 Å². The Balaban J connectivity index is 1.31. The molecule has 0 aliphatic carbocycles. The number of pyridine rings is 1. The molecular weight excluding hydrogens is 483 g/mol. The van der Waals surface area contributed by atoms with Gasteiger partial charge in [0.25, 0.3) is 0 Å². The monoisotopic (exact) mass is 505 g/mol. The maximum absolute atomic E-state index is 12.9. The van der Waals surface area contributed by atoms with Crippen LogP contribution < -0.4 is 10.2 Å². The molecule has 2 aromatic carbocycles. The average molecular weight is 506 g/mol. The number of alkyl halides is 3. The van der Waals surface area contributed by atoms with Gasteiger partial charge in [-0.3, -0.25) is 10.3 Å². The van der Waals surface area contributed by atoms with Crippen LogP contribution in [0.5, 0.6) is 11.6 Å². The van der Waals surface area contributed by atoms with Gasteiger partial charge in [-0.1, -0.05) is 30.3 Å². The third kappa shape index (κ3) is 6.38. The second-order valence-electron chi connectivity index (χ2n) is 7.68. The molecule has 11 heteroatoms. The van der Waals surface area contributed by atoms with E-state index in [0.717, 1.165) is 12.1 Å². The summed E-state index contributed by atoms with van der Waals surface area (Å²) in [7, 11) is -3.76. The highest BCUT2D eigenvalue weighted by atomic mass is 32.2. The Labute approximate surface area is 200 Å². The molecule has 2 heterocycles. The Hall–Kier alpha value is -3.41. The Morgan fingerprint density at radius 1 is 1.03 bits per heavy atom. The van der Waals surface area contributed by atoms with Crippen LogP contribution >= 0.6 is 0 Å². The van der Waals surface area contributed by atoms with E-state index < -0.39 is 21.8 Å². The first kappa shape index (κ1) is 24.7. The molecule has 0 unspecified atom stereocenters. The van der Waals surface area contributed by atoms with Crippen LogP contribution in [-0.2, 0) is 27.6 Å². The van der Waals surface area contributed by atoms with Crippen LogP contribution in [0.4, 0.5) is 13.2 Å². The van der Waals surface area contributed by atoms with E-state index in [1.165, 1.54) is 34.8 Å². The number of hydrogen-bond donors (Lipinski definition) is 1. The van der Waals surface area contributed by atoms with E-state index in [9.17, 15) is 21.6 Å². The zero-order valence-electron chi connectivity index (χ0n) is 18.4. The van der Waals surface area contributed by atoms with Gasteiger partial charge in [0, 0.05) is 31.3 Å². The van der Waals surface area contributed by atoms with Gasteiger partial charge in [0.2, 0.25) is 15.9 Å². The first-order chi connectivity index (χ1) is 16.7. The maximum Gasteiger partial charge on any atom is 0.416 e. The summed E-state index contributed by atoms with van der Waals surface area (Å²) in [4.78, 5) is 9.46. The van der Waals surface area contributed by atoms with Crippen LogP contribution in [0.25, 0.3) is 0 Å². The van der Waals surface area contributed by atoms with Crippen LogP contribution in [0.3, 0.4) is 0 Å². The Morgan fingerprint density at radius 3 is 2.49 bits per heavy atom. The molecule has 7 nitrogen and oxygen atoms in total. The summed E-state index contributed by atoms with van der Waals surface area (Å²) in [6.45, 7) is 0.239. The Bertz CT molecular complexity index is 1280. The molecule has 1 aromatic heterocycles. The van der Waals surface area contributed by atoms with E-state index in [1.807, 2.05) is 18.2 Å². The van der Waals surface area contributed by atoms with Crippen LogP contribution in [0.15, 0.2) is 89.6 Å². The number of hydroxylamine groups is 1. The summed E-state index contributed by atoms with van der Waals surface area (Å²) in [5.74, 6) is 0.866. The predicted octanol–water partition coefficient (Wildman–Crippen LogP) is 4.89. The van der Waals surface area contributed by atoms with Crippen molar-refractivity contribution in [2.75, 3.05) is 13.1 Å². The molecule has 1 N–H and O–H groups in total. The number of aromatic nitrogens is 1. The van der Waals surface area contributed by atoms with Crippen molar-refractivity contribution in [3.63, 3.8) is 0 Å². The molecule has 0 fully saturated rings. The van der Waals surface area contributed by atoms with Gasteiger partial charge >= 0.3 is 6.18 Å². The molecule has 0 atom stereocenters. The van der Waals surface area contributed by atoms with Crippen molar-refractivity contribution in [3.05, 3.63) is 95.8 Å². The molecule has 0 saturated carbocycles. The molecule has 4 rings (SSSR count). The fraction of sp³-hybridized carbons (Fsp3) is 0.208. The summed E-state index contributed by atoms with van der Waals surface area (Å²) >= 11 is 0. The largest absolute Gasteiger partial charge is 0.439 e. The van der Waals surface area contributed by atoms with Crippen LogP contribution in [0.1, 0.15) is 17.5 Å². The summed E-state index contributed by atoms with van der Waals surface area (Å²) in [6, 6.07) is 16.8. The van der Waals surface area contributed by atoms with Gasteiger partial charge in [-0.2, -0.15) is 17.5 Å². The number of sulfonamides is 1. The molecule has 35 heavy (non-hydrogen) atoms. The minimum absolute atomic E-state index is 0.0449. The Morgan fingerprint density at radius 2 is 1.83 bits per heavy atom. The zero-order chi connectivity index (χ0) is 24.9. The molecule has 0 bridgehead atoms. The number of ether oxygens (including phenoxy) is 1. The molecule has 0 radical (unpaired) electrons. The lowest BCUT2D eigenvalue weighted by Gasteiger charge is -2.26. The van der Waals surface area contributed by atoms with Gasteiger partial charge in [-0.05, 0) is 42.0 Å². The van der Waals surface area contributed by atoms with Crippen molar-refractivity contribution >= 4 is 10.0 Å². The maximum atomic E-state index is 12.9. The van der Waals surface area contributed by atoms with Gasteiger partial charge in [-0.25, -0.2) is 13.4 Å². The second kappa shape index (κ2) is 10.5. The molecule has 0 saturated heterocycles. The molecule has 1 aliphatic heterocycles. The summed E-state index contributed by atoms with van der Waals surface area (Å²) in [6.07, 6.45) is -1.16. The van der Waals surface area contributed by atoms with Crippen molar-refractivity contribution in [3.8, 4) is 11.6 Å². The SMILES string of the molecule is O=S(=O)(c1ccc(Oc2ccccc2)nc1)N1CC=C(NOCc2cccc(C(F)(F)F)c2)CC1. The van der Waals surface area contributed by atoms with E-state index in [4.69, 9.17) is 9.57 Å². The lowest BCUT2D eigenvalue weighted by molar-refractivity contribution is -0.137. The standard InChI is InChI=1S/C24H22F3N3O4S/c25-24(26,27)19-6-4-5-18(15-19)17-33-29-20-11-13-30(14-12-20)35(31,32)22-9-10-23(28-16-22)34-21-7-2-1-3-8-21/h1-11,15-16,29H,12-14,17H2. The smallest absolute Gasteiger partial charge is 0.416 e. The summed E-state index contributed by atoms with van der Waals surface area (Å²) < 4.78 is 71.2. The predicted molar refractivity (Wildman–Crippen MR) is 122 cm³/mol. The molecule has 3 aromatic rings. The highest BCUT2D eigenvalue weighted by Gasteiger charge is 2.30. The first-order valence-corrected chi connectivity index (χ1v) is 12.1. The number of nitrogens with one attached hydrogen (secondary N) is 1. The van der Waals surface area contributed by atoms with Crippen molar-refractivity contribution in [1.82, 2.24) is 14.8 Å². The van der Waals surface area contributed by atoms with E-state index in [0.29, 0.717) is 23.4 Å². The lowest BCUT2D eigenvalue weighted by Crippen LogP contribution is -2.36. The third-order valence-electron chi connectivity index (χ3n) is 5.18. The van der Waals surface area contributed by atoms with Crippen LogP contribution in [0, 0.1) is 0 Å². The van der Waals surface area contributed by atoms with E-state index in [-0.39, 0.29) is 30.5 Å². The van der Waals surface area contributed by atoms with Crippen molar-refractivity contribution < 1.29 is 31.2 Å². The highest BCUT2D eigenvalue weighted by molar-refractivity contribution is 7.89. The van der Waals surface area contributed by atoms with Crippen molar-refractivity contribution in [2.45, 2.75) is 24.1 Å². The van der Waals surface area contributed by atoms with Gasteiger partial charge in [0.05, 0.1) is 18.4 Å². The van der Waals surface area contributed by atoms with Gasteiger partial charge in [-0.15, -0.1) is 0 Å². The van der Waals surface area contributed by atoms with Crippen molar-refractivity contribution in [1.29, 1.82) is 0 Å². The number of hydrogen-bond acceptors (Lipinski definition) is 6. The molecule has 0 spiro atoms. The number of nitrogens with zero attached hydrogens (tertiary/aromatic N) is 2. The summed E-state index contributed by atoms with van der Waals surface area (Å²) in [5.41, 5.74) is 2.96. The minimum atomic E-state index is -4.42. The fourth-order valence-electron chi connectivity index (χ4n) is 3.35. The van der Waals surface area contributed by atoms with Gasteiger partial charge in [0.1, 0.15) is 10.6 Å². The minimum Gasteiger partial charge on any atom is -0.439 e. The Kier molecular flexibility index (Phi) is 7.39. The van der Waals surface area contributed by atoms with E-state index in [1.54, 1.807) is 18.2 Å². The molecule has 0 amide bonds. The van der Waals surface area contributed by atoms with Crippen molar-refractivity contribution in [2.24, 2.45) is 0 Å². The quantitative estimate of drug-likeness (QED) is 0.439. The zero-order valence-corrected chi connectivity index (χ0v) is 19.2. The number of rotatable bonds is 8. The second-order valence-corrected chi connectivity index (χ2v) is 9.62. The number of para-hydroxylation sites is 1. The fourth-order valence-corrected chi connectivity index (χ4v) is 4.68. The number of halogens is 3. The average Bonchev–Trinajstić information content (AvgIpc) is 2.85. The van der Waals surface area contributed by atoms with Gasteiger partial charge in [0.15, 0.2) is 0 Å². The molecule has 1 aliphatic rings. The third-order valence-corrected chi connectivity index (χ3v) is 7.03. The summed E-state index contributed by atoms with van der Waals surface area (Å²) in [5, 5.41) is 0. The van der Waals surface area contributed by atoms with E-state index in [2.05, 4.69) is 10.5 Å². The van der Waals surface area contributed by atoms with Crippen LogP contribution in [0.2, 0.25) is 0 Å². The van der Waals surface area contributed by atoms with Gasteiger partial charge < -0.3 is 4.74 Å².